The number of nitrogens with one attached hydrogen (secondary N) is 1. The Morgan fingerprint density at radius 2 is 1.74 bits per heavy atom. The first kappa shape index (κ1) is 21.2. The summed E-state index contributed by atoms with van der Waals surface area (Å²) in [5, 5.41) is 11.3. The van der Waals surface area contributed by atoms with Crippen LogP contribution >= 0.6 is 0 Å². The maximum Gasteiger partial charge on any atom is 0.260 e. The van der Waals surface area contributed by atoms with Gasteiger partial charge >= 0.3 is 0 Å². The van der Waals surface area contributed by atoms with E-state index in [0.717, 1.165) is 40.7 Å². The summed E-state index contributed by atoms with van der Waals surface area (Å²) in [5.74, 6) is 1.49. The molecule has 0 radical (unpaired) electrons. The predicted molar refractivity (Wildman–Crippen MR) is 120 cm³/mol. The zero-order valence-electron chi connectivity index (χ0n) is 18.4. The predicted octanol–water partition coefficient (Wildman–Crippen LogP) is 3.37. The highest BCUT2D eigenvalue weighted by Gasteiger charge is 2.22. The average Bonchev–Trinajstić information content (AvgIpc) is 2.77. The van der Waals surface area contributed by atoms with E-state index in [1.807, 2.05) is 38.1 Å². The average molecular weight is 424 g/mol. The highest BCUT2D eigenvalue weighted by molar-refractivity contribution is 5.93. The van der Waals surface area contributed by atoms with Crippen molar-refractivity contribution >= 4 is 10.8 Å². The summed E-state index contributed by atoms with van der Waals surface area (Å²) in [7, 11) is 3.21. The number of benzene rings is 2. The molecule has 1 aromatic heterocycles. The van der Waals surface area contributed by atoms with Gasteiger partial charge in [0.15, 0.2) is 0 Å². The normalized spacial score (nSPS) is 14.7. The molecule has 4 rings (SSSR count). The van der Waals surface area contributed by atoms with Gasteiger partial charge in [0, 0.05) is 25.3 Å². The lowest BCUT2D eigenvalue weighted by molar-refractivity contribution is 0.0336. The van der Waals surface area contributed by atoms with E-state index >= 15 is 0 Å². The van der Waals surface area contributed by atoms with Crippen molar-refractivity contribution in [1.82, 2.24) is 9.88 Å². The third-order valence-corrected chi connectivity index (χ3v) is 5.86. The molecule has 164 valence electrons. The number of rotatable bonds is 5. The zero-order chi connectivity index (χ0) is 22.1. The third-order valence-electron chi connectivity index (χ3n) is 5.86. The van der Waals surface area contributed by atoms with Crippen molar-refractivity contribution in [2.75, 3.05) is 40.5 Å². The summed E-state index contributed by atoms with van der Waals surface area (Å²) >= 11 is 0. The molecule has 1 fully saturated rings. The van der Waals surface area contributed by atoms with Crippen LogP contribution in [0.1, 0.15) is 16.7 Å². The minimum atomic E-state index is -0.224. The number of aromatic amines is 1. The van der Waals surface area contributed by atoms with Gasteiger partial charge in [0.2, 0.25) is 0 Å². The molecule has 7 heteroatoms. The Balaban J connectivity index is 1.87. The van der Waals surface area contributed by atoms with Gasteiger partial charge in [-0.15, -0.1) is 0 Å². The number of aromatic hydroxyl groups is 1. The highest BCUT2D eigenvalue weighted by Crippen LogP contribution is 2.38. The van der Waals surface area contributed by atoms with Gasteiger partial charge in [-0.3, -0.25) is 9.69 Å². The molecule has 0 saturated carbocycles. The molecule has 0 spiro atoms. The standard InChI is InChI=1S/C24H28N2O5/c1-14-9-16(10-15(2)22(14)27)19-11-17-12-20(29-3)18(13-26-5-7-31-8-6-26)23(30-4)21(17)24(28)25-19/h9-12,27H,5-8,13H2,1-4H3,(H,25,28). The number of phenolic OH excluding ortho intramolecular Hbond substituents is 1. The topological polar surface area (TPSA) is 84.0 Å². The maximum absolute atomic E-state index is 13.2. The number of methoxy groups -OCH3 is 2. The second-order valence-corrected chi connectivity index (χ2v) is 7.91. The van der Waals surface area contributed by atoms with Crippen LogP contribution in [0.5, 0.6) is 17.2 Å². The van der Waals surface area contributed by atoms with Crippen molar-refractivity contribution in [3.63, 3.8) is 0 Å². The molecule has 0 unspecified atom stereocenters. The Labute approximate surface area is 181 Å². The molecule has 31 heavy (non-hydrogen) atoms. The van der Waals surface area contributed by atoms with Gasteiger partial charge in [-0.05, 0) is 60.2 Å². The van der Waals surface area contributed by atoms with Crippen molar-refractivity contribution in [2.45, 2.75) is 20.4 Å². The van der Waals surface area contributed by atoms with E-state index in [0.29, 0.717) is 42.3 Å². The van der Waals surface area contributed by atoms with Gasteiger partial charge in [0.05, 0.1) is 38.4 Å². The van der Waals surface area contributed by atoms with E-state index in [2.05, 4.69) is 9.88 Å². The van der Waals surface area contributed by atoms with Crippen LogP contribution in [0.25, 0.3) is 22.0 Å². The summed E-state index contributed by atoms with van der Waals surface area (Å²) < 4.78 is 16.9. The lowest BCUT2D eigenvalue weighted by Gasteiger charge is -2.28. The van der Waals surface area contributed by atoms with Crippen LogP contribution in [0.2, 0.25) is 0 Å². The van der Waals surface area contributed by atoms with Gasteiger partial charge < -0.3 is 24.3 Å². The SMILES string of the molecule is COc1cc2cc(-c3cc(C)c(O)c(C)c3)[nH]c(=O)c2c(OC)c1CN1CCOCC1. The smallest absolute Gasteiger partial charge is 0.260 e. The number of hydrogen-bond donors (Lipinski definition) is 2. The fraction of sp³-hybridized carbons (Fsp3) is 0.375. The molecule has 0 aliphatic carbocycles. The van der Waals surface area contributed by atoms with Crippen molar-refractivity contribution in [1.29, 1.82) is 0 Å². The quantitative estimate of drug-likeness (QED) is 0.653. The first-order chi connectivity index (χ1) is 14.9. The Bertz CT molecular complexity index is 1160. The molecule has 3 aromatic rings. The number of morpholine rings is 1. The fourth-order valence-corrected chi connectivity index (χ4v) is 4.23. The molecular formula is C24H28N2O5. The van der Waals surface area contributed by atoms with Gasteiger partial charge in [-0.1, -0.05) is 0 Å². The number of H-pyrrole nitrogens is 1. The van der Waals surface area contributed by atoms with E-state index in [4.69, 9.17) is 14.2 Å². The van der Waals surface area contributed by atoms with Crippen molar-refractivity contribution in [2.24, 2.45) is 0 Å². The Morgan fingerprint density at radius 1 is 1.06 bits per heavy atom. The minimum Gasteiger partial charge on any atom is -0.507 e. The summed E-state index contributed by atoms with van der Waals surface area (Å²) in [6, 6.07) is 7.54. The second kappa shape index (κ2) is 8.61. The molecular weight excluding hydrogens is 396 g/mol. The number of pyridine rings is 1. The summed E-state index contributed by atoms with van der Waals surface area (Å²) in [6.07, 6.45) is 0. The largest absolute Gasteiger partial charge is 0.507 e. The molecule has 2 N–H and O–H groups in total. The summed E-state index contributed by atoms with van der Waals surface area (Å²) in [6.45, 7) is 7.31. The molecule has 0 bridgehead atoms. The third kappa shape index (κ3) is 3.98. The molecule has 2 aromatic carbocycles. The molecule has 1 aliphatic rings. The lowest BCUT2D eigenvalue weighted by atomic mass is 10.00. The first-order valence-corrected chi connectivity index (χ1v) is 10.3. The zero-order valence-corrected chi connectivity index (χ0v) is 18.4. The molecule has 0 atom stereocenters. The van der Waals surface area contributed by atoms with Crippen LogP contribution in [0.15, 0.2) is 29.1 Å². The number of aromatic nitrogens is 1. The van der Waals surface area contributed by atoms with Crippen LogP contribution in [-0.4, -0.2) is 55.5 Å². The van der Waals surface area contributed by atoms with E-state index in [1.54, 1.807) is 14.2 Å². The monoisotopic (exact) mass is 424 g/mol. The van der Waals surface area contributed by atoms with Gasteiger partial charge in [-0.25, -0.2) is 0 Å². The molecule has 0 amide bonds. The summed E-state index contributed by atoms with van der Waals surface area (Å²) in [5.41, 5.74) is 3.65. The second-order valence-electron chi connectivity index (χ2n) is 7.91. The number of hydrogen-bond acceptors (Lipinski definition) is 6. The van der Waals surface area contributed by atoms with E-state index in [9.17, 15) is 9.90 Å². The maximum atomic E-state index is 13.2. The fourth-order valence-electron chi connectivity index (χ4n) is 4.23. The molecule has 1 aliphatic heterocycles. The van der Waals surface area contributed by atoms with Crippen molar-refractivity contribution in [3.05, 3.63) is 51.3 Å². The number of nitrogens with zero attached hydrogens (tertiary/aromatic N) is 1. The Morgan fingerprint density at radius 3 is 2.35 bits per heavy atom. The van der Waals surface area contributed by atoms with E-state index in [-0.39, 0.29) is 11.3 Å². The lowest BCUT2D eigenvalue weighted by Crippen LogP contribution is -2.35. The molecule has 7 nitrogen and oxygen atoms in total. The van der Waals surface area contributed by atoms with Crippen LogP contribution in [0, 0.1) is 13.8 Å². The van der Waals surface area contributed by atoms with Crippen LogP contribution in [0.4, 0.5) is 0 Å². The van der Waals surface area contributed by atoms with Crippen LogP contribution in [0.3, 0.4) is 0 Å². The highest BCUT2D eigenvalue weighted by atomic mass is 16.5. The van der Waals surface area contributed by atoms with Gasteiger partial charge in [0.1, 0.15) is 17.2 Å². The van der Waals surface area contributed by atoms with Crippen molar-refractivity contribution < 1.29 is 19.3 Å². The van der Waals surface area contributed by atoms with Crippen LogP contribution < -0.4 is 15.0 Å². The first-order valence-electron chi connectivity index (χ1n) is 10.3. The Hall–Kier alpha value is -3.03. The number of fused-ring (bicyclic) bond motifs is 1. The number of phenols is 1. The molecule has 1 saturated heterocycles. The number of ether oxygens (including phenoxy) is 3. The summed E-state index contributed by atoms with van der Waals surface area (Å²) in [4.78, 5) is 18.4. The van der Waals surface area contributed by atoms with Crippen LogP contribution in [-0.2, 0) is 11.3 Å². The minimum absolute atomic E-state index is 0.224. The van der Waals surface area contributed by atoms with Gasteiger partial charge in [-0.2, -0.15) is 0 Å². The van der Waals surface area contributed by atoms with Crippen molar-refractivity contribution in [3.8, 4) is 28.5 Å². The number of aryl methyl sites for hydroxylation is 2. The Kier molecular flexibility index (Phi) is 5.89. The van der Waals surface area contributed by atoms with Gasteiger partial charge in [0.25, 0.3) is 5.56 Å². The van der Waals surface area contributed by atoms with E-state index in [1.165, 1.54) is 0 Å². The van der Waals surface area contributed by atoms with E-state index < -0.39 is 0 Å². The molecule has 2 heterocycles.